The third kappa shape index (κ3) is 3.28. The van der Waals surface area contributed by atoms with Crippen LogP contribution in [0.4, 0.5) is 5.82 Å². The van der Waals surface area contributed by atoms with E-state index in [0.717, 1.165) is 5.56 Å². The monoisotopic (exact) mass is 403 g/mol. The lowest BCUT2D eigenvalue weighted by Crippen LogP contribution is -2.40. The van der Waals surface area contributed by atoms with Crippen LogP contribution in [0.1, 0.15) is 30.9 Å². The van der Waals surface area contributed by atoms with E-state index in [0.29, 0.717) is 11.4 Å². The number of nitrogens with zero attached hydrogens (tertiary/aromatic N) is 2. The highest BCUT2D eigenvalue weighted by Gasteiger charge is 2.41. The molecule has 4 rings (SSSR count). The number of fused-ring (bicyclic) bond motifs is 1. The van der Waals surface area contributed by atoms with E-state index >= 15 is 0 Å². The van der Waals surface area contributed by atoms with Gasteiger partial charge in [-0.3, -0.25) is 14.6 Å². The van der Waals surface area contributed by atoms with Crippen LogP contribution >= 0.6 is 0 Å². The summed E-state index contributed by atoms with van der Waals surface area (Å²) >= 11 is 0. The third-order valence-electron chi connectivity index (χ3n) is 5.21. The van der Waals surface area contributed by atoms with Crippen LogP contribution in [0.3, 0.4) is 0 Å². The highest BCUT2D eigenvalue weighted by Crippen LogP contribution is 2.41. The molecule has 30 heavy (non-hydrogen) atoms. The first-order chi connectivity index (χ1) is 14.5. The maximum Gasteiger partial charge on any atom is 0.334 e. The maximum absolute atomic E-state index is 13.0. The summed E-state index contributed by atoms with van der Waals surface area (Å²) in [7, 11) is 0. The molecule has 0 bridgehead atoms. The summed E-state index contributed by atoms with van der Waals surface area (Å²) in [5.74, 6) is -1.60. The predicted octanol–water partition coefficient (Wildman–Crippen LogP) is 2.94. The number of H-pyrrole nitrogens is 1. The zero-order valence-corrected chi connectivity index (χ0v) is 16.7. The lowest BCUT2D eigenvalue weighted by molar-refractivity contribution is -0.146. The normalized spacial score (nSPS) is 17.7. The van der Waals surface area contributed by atoms with Crippen molar-refractivity contribution in [1.82, 2.24) is 9.55 Å². The van der Waals surface area contributed by atoms with Crippen LogP contribution in [0.5, 0.6) is 0 Å². The molecule has 1 N–H and O–H groups in total. The molecule has 1 aliphatic rings. The van der Waals surface area contributed by atoms with E-state index in [2.05, 4.69) is 9.98 Å². The van der Waals surface area contributed by atoms with Crippen molar-refractivity contribution in [2.45, 2.75) is 19.8 Å². The minimum atomic E-state index is -0.761. The molecule has 0 fully saturated rings. The number of nitrogens with one attached hydrogen (secondary N) is 1. The van der Waals surface area contributed by atoms with Crippen molar-refractivity contribution in [3.05, 3.63) is 92.6 Å². The molecule has 0 radical (unpaired) electrons. The second-order valence-electron chi connectivity index (χ2n) is 7.04. The summed E-state index contributed by atoms with van der Waals surface area (Å²) in [5.41, 5.74) is 0.977. The Bertz CT molecular complexity index is 1230. The van der Waals surface area contributed by atoms with Gasteiger partial charge in [0, 0.05) is 11.6 Å². The van der Waals surface area contributed by atoms with Gasteiger partial charge in [-0.2, -0.15) is 0 Å². The van der Waals surface area contributed by atoms with Gasteiger partial charge in [0.25, 0.3) is 5.56 Å². The van der Waals surface area contributed by atoms with Crippen molar-refractivity contribution in [2.75, 3.05) is 6.61 Å². The van der Waals surface area contributed by atoms with Crippen LogP contribution in [-0.2, 0) is 9.53 Å². The molecule has 2 unspecified atom stereocenters. The van der Waals surface area contributed by atoms with Crippen molar-refractivity contribution in [3.63, 3.8) is 0 Å². The van der Waals surface area contributed by atoms with E-state index in [4.69, 9.17) is 4.74 Å². The van der Waals surface area contributed by atoms with Gasteiger partial charge in [-0.25, -0.2) is 14.4 Å². The number of aromatic amines is 1. The minimum Gasteiger partial charge on any atom is -0.465 e. The van der Waals surface area contributed by atoms with Gasteiger partial charge >= 0.3 is 11.7 Å². The molecule has 0 saturated carbocycles. The second kappa shape index (κ2) is 7.94. The van der Waals surface area contributed by atoms with E-state index in [-0.39, 0.29) is 18.0 Å². The fourth-order valence-electron chi connectivity index (χ4n) is 3.95. The average Bonchev–Trinajstić information content (AvgIpc) is 2.74. The molecule has 1 aromatic heterocycles. The zero-order chi connectivity index (χ0) is 21.3. The number of esters is 1. The first kappa shape index (κ1) is 19.6. The SMILES string of the molecule is CCOC(=O)C1C(C)=Nc2c(c(=O)[nH]c(=O)n2-c2ccccc2)C1c1ccccc1. The number of rotatable bonds is 4. The van der Waals surface area contributed by atoms with Crippen molar-refractivity contribution in [3.8, 4) is 5.69 Å². The molecular weight excluding hydrogens is 382 g/mol. The summed E-state index contributed by atoms with van der Waals surface area (Å²) in [5, 5.41) is 0. The van der Waals surface area contributed by atoms with Gasteiger partial charge in [-0.1, -0.05) is 48.5 Å². The second-order valence-corrected chi connectivity index (χ2v) is 7.04. The quantitative estimate of drug-likeness (QED) is 0.678. The number of aliphatic imine (C=N–C) groups is 1. The summed E-state index contributed by atoms with van der Waals surface area (Å²) < 4.78 is 6.67. The molecule has 3 aromatic rings. The van der Waals surface area contributed by atoms with E-state index < -0.39 is 29.1 Å². The first-order valence-corrected chi connectivity index (χ1v) is 9.74. The highest BCUT2D eigenvalue weighted by molar-refractivity contribution is 6.04. The predicted molar refractivity (Wildman–Crippen MR) is 114 cm³/mol. The van der Waals surface area contributed by atoms with E-state index in [9.17, 15) is 14.4 Å². The van der Waals surface area contributed by atoms with Crippen LogP contribution in [0.25, 0.3) is 5.69 Å². The van der Waals surface area contributed by atoms with Gasteiger partial charge in [-0.15, -0.1) is 0 Å². The van der Waals surface area contributed by atoms with Gasteiger partial charge in [0.15, 0.2) is 5.82 Å². The zero-order valence-electron chi connectivity index (χ0n) is 16.7. The number of para-hydroxylation sites is 1. The van der Waals surface area contributed by atoms with E-state index in [1.165, 1.54) is 4.57 Å². The Morgan fingerprint density at radius 2 is 1.70 bits per heavy atom. The summed E-state index contributed by atoms with van der Waals surface area (Å²) in [6, 6.07) is 18.2. The van der Waals surface area contributed by atoms with E-state index in [1.54, 1.807) is 38.1 Å². The average molecular weight is 403 g/mol. The number of ether oxygens (including phenoxy) is 1. The van der Waals surface area contributed by atoms with Crippen LogP contribution in [0.2, 0.25) is 0 Å². The van der Waals surface area contributed by atoms with Gasteiger partial charge in [0.2, 0.25) is 0 Å². The van der Waals surface area contributed by atoms with Crippen LogP contribution in [0, 0.1) is 5.92 Å². The number of hydrogen-bond acceptors (Lipinski definition) is 5. The van der Waals surface area contributed by atoms with Gasteiger partial charge in [-0.05, 0) is 31.5 Å². The Hall–Kier alpha value is -3.74. The standard InChI is InChI=1S/C23H21N3O4/c1-3-30-22(28)17-14(2)24-20-19(18(17)15-10-6-4-7-11-15)21(27)25-23(29)26(20)16-12-8-5-9-13-16/h4-13,17-18H,3H2,1-2H3,(H,25,27,29). The summed E-state index contributed by atoms with van der Waals surface area (Å²) in [4.78, 5) is 45.5. The van der Waals surface area contributed by atoms with Crippen molar-refractivity contribution in [1.29, 1.82) is 0 Å². The van der Waals surface area contributed by atoms with Crippen molar-refractivity contribution >= 4 is 17.5 Å². The third-order valence-corrected chi connectivity index (χ3v) is 5.21. The molecule has 152 valence electrons. The number of carbonyl (C=O) groups excluding carboxylic acids is 1. The molecule has 0 aliphatic carbocycles. The molecule has 7 heteroatoms. The topological polar surface area (TPSA) is 93.5 Å². The first-order valence-electron chi connectivity index (χ1n) is 9.74. The Kier molecular flexibility index (Phi) is 5.18. The van der Waals surface area contributed by atoms with Crippen LogP contribution in [-0.4, -0.2) is 27.8 Å². The van der Waals surface area contributed by atoms with Crippen LogP contribution < -0.4 is 11.2 Å². The van der Waals surface area contributed by atoms with Gasteiger partial charge in [0.1, 0.15) is 5.92 Å². The number of carbonyl (C=O) groups is 1. The maximum atomic E-state index is 13.0. The lowest BCUT2D eigenvalue weighted by atomic mass is 9.77. The smallest absolute Gasteiger partial charge is 0.334 e. The van der Waals surface area contributed by atoms with Crippen molar-refractivity contribution in [2.24, 2.45) is 10.9 Å². The number of benzene rings is 2. The molecule has 0 amide bonds. The Morgan fingerprint density at radius 1 is 1.07 bits per heavy atom. The Morgan fingerprint density at radius 3 is 2.33 bits per heavy atom. The molecule has 0 saturated heterocycles. The molecule has 1 aliphatic heterocycles. The molecule has 7 nitrogen and oxygen atoms in total. The number of hydrogen-bond donors (Lipinski definition) is 1. The van der Waals surface area contributed by atoms with Crippen molar-refractivity contribution < 1.29 is 9.53 Å². The number of aromatic nitrogens is 2. The summed E-state index contributed by atoms with van der Waals surface area (Å²) in [6.45, 7) is 3.68. The molecular formula is C23H21N3O4. The molecule has 2 atom stereocenters. The minimum absolute atomic E-state index is 0.219. The Labute approximate surface area is 172 Å². The Balaban J connectivity index is 2.05. The largest absolute Gasteiger partial charge is 0.465 e. The molecule has 2 aromatic carbocycles. The van der Waals surface area contributed by atoms with Gasteiger partial charge < -0.3 is 4.74 Å². The van der Waals surface area contributed by atoms with E-state index in [1.807, 2.05) is 36.4 Å². The molecule has 0 spiro atoms. The lowest BCUT2D eigenvalue weighted by Gasteiger charge is -2.31. The van der Waals surface area contributed by atoms with Crippen LogP contribution in [0.15, 0.2) is 75.2 Å². The highest BCUT2D eigenvalue weighted by atomic mass is 16.5. The van der Waals surface area contributed by atoms with Gasteiger partial charge in [0.05, 0.1) is 17.9 Å². The fourth-order valence-corrected chi connectivity index (χ4v) is 3.95. The molecule has 2 heterocycles. The summed E-state index contributed by atoms with van der Waals surface area (Å²) in [6.07, 6.45) is 0. The fraction of sp³-hybridized carbons (Fsp3) is 0.217.